The molecule has 3 saturated heterocycles. The first-order valence-corrected chi connectivity index (χ1v) is 13.7. The predicted octanol–water partition coefficient (Wildman–Crippen LogP) is 4.29. The fourth-order valence-electron chi connectivity index (χ4n) is 7.40. The maximum Gasteiger partial charge on any atom is 0.226 e. The standard InChI is InChI=1S/C28H39N3O3/c32-27(15-19-11-13-34-14-12-19)29-22-7-5-20-6-10-26(25(20)16-22)30-17-23-8-9-24(18-30)31(23)28(33)21-3-1-2-4-21/h5,7,16,19,21,23-24,26H,1-4,6,8-15,17-18H2,(H,29,32). The van der Waals surface area contributed by atoms with Gasteiger partial charge in [0.05, 0.1) is 0 Å². The molecule has 2 aliphatic carbocycles. The van der Waals surface area contributed by atoms with E-state index in [0.29, 0.717) is 36.4 Å². The molecule has 4 fully saturated rings. The van der Waals surface area contributed by atoms with E-state index in [2.05, 4.69) is 33.3 Å². The van der Waals surface area contributed by atoms with E-state index >= 15 is 0 Å². The normalized spacial score (nSPS) is 30.0. The van der Waals surface area contributed by atoms with Crippen LogP contribution in [0.15, 0.2) is 18.2 Å². The number of carbonyl (C=O) groups excluding carboxylic acids is 2. The van der Waals surface area contributed by atoms with Crippen LogP contribution in [0, 0.1) is 11.8 Å². The molecule has 6 nitrogen and oxygen atoms in total. The van der Waals surface area contributed by atoms with E-state index in [-0.39, 0.29) is 11.8 Å². The number of carbonyl (C=O) groups is 2. The van der Waals surface area contributed by atoms with Crippen LogP contribution in [0.4, 0.5) is 5.69 Å². The molecule has 6 rings (SSSR count). The van der Waals surface area contributed by atoms with Gasteiger partial charge in [0.25, 0.3) is 0 Å². The van der Waals surface area contributed by atoms with E-state index in [4.69, 9.17) is 4.74 Å². The summed E-state index contributed by atoms with van der Waals surface area (Å²) >= 11 is 0. The van der Waals surface area contributed by atoms with Crippen LogP contribution in [-0.4, -0.2) is 60.0 Å². The molecule has 1 aromatic carbocycles. The highest BCUT2D eigenvalue weighted by atomic mass is 16.5. The molecule has 0 radical (unpaired) electrons. The molecule has 1 aromatic rings. The van der Waals surface area contributed by atoms with E-state index in [0.717, 1.165) is 83.4 Å². The van der Waals surface area contributed by atoms with Gasteiger partial charge in [0.1, 0.15) is 0 Å². The number of aryl methyl sites for hydroxylation is 1. The Hall–Kier alpha value is -1.92. The Labute approximate surface area is 203 Å². The third-order valence-electron chi connectivity index (χ3n) is 9.20. The molecule has 2 bridgehead atoms. The summed E-state index contributed by atoms with van der Waals surface area (Å²) in [4.78, 5) is 30.9. The highest BCUT2D eigenvalue weighted by Gasteiger charge is 2.46. The zero-order valence-electron chi connectivity index (χ0n) is 20.3. The average molecular weight is 466 g/mol. The second-order valence-corrected chi connectivity index (χ2v) is 11.3. The van der Waals surface area contributed by atoms with Crippen LogP contribution in [0.2, 0.25) is 0 Å². The molecule has 184 valence electrons. The number of hydrogen-bond donors (Lipinski definition) is 1. The Kier molecular flexibility index (Phi) is 6.37. The van der Waals surface area contributed by atoms with Crippen LogP contribution in [0.3, 0.4) is 0 Å². The lowest BCUT2D eigenvalue weighted by Gasteiger charge is -2.44. The number of nitrogens with one attached hydrogen (secondary N) is 1. The third kappa shape index (κ3) is 4.39. The summed E-state index contributed by atoms with van der Waals surface area (Å²) in [5.41, 5.74) is 3.74. The van der Waals surface area contributed by atoms with Crippen LogP contribution >= 0.6 is 0 Å². The summed E-state index contributed by atoms with van der Waals surface area (Å²) in [6, 6.07) is 7.71. The molecule has 3 unspecified atom stereocenters. The average Bonchev–Trinajstić information content (AvgIpc) is 3.57. The molecular formula is C28H39N3O3. The number of ether oxygens (including phenoxy) is 1. The Balaban J connectivity index is 1.11. The van der Waals surface area contributed by atoms with E-state index in [1.165, 1.54) is 24.0 Å². The number of benzene rings is 1. The maximum atomic E-state index is 13.2. The van der Waals surface area contributed by atoms with Crippen LogP contribution in [-0.2, 0) is 20.7 Å². The van der Waals surface area contributed by atoms with Gasteiger partial charge in [-0.05, 0) is 80.5 Å². The van der Waals surface area contributed by atoms with E-state index in [1.54, 1.807) is 0 Å². The highest BCUT2D eigenvalue weighted by molar-refractivity contribution is 5.91. The van der Waals surface area contributed by atoms with Crippen molar-refractivity contribution in [2.75, 3.05) is 31.6 Å². The van der Waals surface area contributed by atoms with Gasteiger partial charge < -0.3 is 15.0 Å². The molecule has 34 heavy (non-hydrogen) atoms. The van der Waals surface area contributed by atoms with Crippen molar-refractivity contribution in [1.82, 2.24) is 9.80 Å². The molecular weight excluding hydrogens is 426 g/mol. The first-order chi connectivity index (χ1) is 16.7. The van der Waals surface area contributed by atoms with Gasteiger partial charge in [0.2, 0.25) is 11.8 Å². The van der Waals surface area contributed by atoms with Crippen LogP contribution in [0.1, 0.15) is 81.4 Å². The van der Waals surface area contributed by atoms with Gasteiger partial charge in [-0.25, -0.2) is 0 Å². The van der Waals surface area contributed by atoms with Gasteiger partial charge in [-0.3, -0.25) is 14.5 Å². The van der Waals surface area contributed by atoms with Crippen molar-refractivity contribution in [1.29, 1.82) is 0 Å². The van der Waals surface area contributed by atoms with Gasteiger partial charge in [-0.2, -0.15) is 0 Å². The van der Waals surface area contributed by atoms with E-state index < -0.39 is 0 Å². The van der Waals surface area contributed by atoms with Gasteiger partial charge >= 0.3 is 0 Å². The summed E-state index contributed by atoms with van der Waals surface area (Å²) in [7, 11) is 0. The molecule has 1 N–H and O–H groups in total. The largest absolute Gasteiger partial charge is 0.381 e. The third-order valence-corrected chi connectivity index (χ3v) is 9.20. The zero-order chi connectivity index (χ0) is 23.1. The first kappa shape index (κ1) is 22.5. The van der Waals surface area contributed by atoms with Gasteiger partial charge in [-0.1, -0.05) is 18.9 Å². The lowest BCUT2D eigenvalue weighted by Crippen LogP contribution is -2.57. The fraction of sp³-hybridized carbons (Fsp3) is 0.714. The van der Waals surface area contributed by atoms with E-state index in [1.807, 2.05) is 0 Å². The van der Waals surface area contributed by atoms with Crippen molar-refractivity contribution in [2.24, 2.45) is 11.8 Å². The number of amides is 2. The minimum Gasteiger partial charge on any atom is -0.381 e. The summed E-state index contributed by atoms with van der Waals surface area (Å²) in [6.07, 6.45) is 11.7. The Morgan fingerprint density at radius 2 is 1.68 bits per heavy atom. The topological polar surface area (TPSA) is 61.9 Å². The summed E-state index contributed by atoms with van der Waals surface area (Å²) in [5, 5.41) is 3.17. The predicted molar refractivity (Wildman–Crippen MR) is 131 cm³/mol. The number of hydrogen-bond acceptors (Lipinski definition) is 4. The summed E-state index contributed by atoms with van der Waals surface area (Å²) < 4.78 is 5.43. The lowest BCUT2D eigenvalue weighted by molar-refractivity contribution is -0.141. The Bertz CT molecular complexity index is 907. The number of nitrogens with zero attached hydrogens (tertiary/aromatic N) is 2. The molecule has 0 spiro atoms. The highest BCUT2D eigenvalue weighted by Crippen LogP contribution is 2.42. The molecule has 3 aliphatic heterocycles. The minimum atomic E-state index is 0.124. The smallest absolute Gasteiger partial charge is 0.226 e. The lowest BCUT2D eigenvalue weighted by atomic mass is 9.96. The summed E-state index contributed by atoms with van der Waals surface area (Å²) in [5.74, 6) is 1.30. The Morgan fingerprint density at radius 3 is 2.41 bits per heavy atom. The molecule has 1 saturated carbocycles. The van der Waals surface area contributed by atoms with Crippen LogP contribution in [0.5, 0.6) is 0 Å². The first-order valence-electron chi connectivity index (χ1n) is 13.7. The molecule has 3 heterocycles. The molecule has 5 aliphatic rings. The number of rotatable bonds is 5. The van der Waals surface area contributed by atoms with Crippen LogP contribution in [0.25, 0.3) is 0 Å². The zero-order valence-corrected chi connectivity index (χ0v) is 20.3. The molecule has 6 heteroatoms. The van der Waals surface area contributed by atoms with Gasteiger partial charge in [-0.15, -0.1) is 0 Å². The van der Waals surface area contributed by atoms with Crippen molar-refractivity contribution in [3.63, 3.8) is 0 Å². The van der Waals surface area contributed by atoms with Crippen molar-refractivity contribution < 1.29 is 14.3 Å². The SMILES string of the molecule is O=C(CC1CCOCC1)Nc1ccc2c(c1)C(N1CC3CCC(C1)N3C(=O)C1CCCC1)CC2. The monoisotopic (exact) mass is 465 g/mol. The fourth-order valence-corrected chi connectivity index (χ4v) is 7.40. The molecule has 3 atom stereocenters. The molecule has 0 aromatic heterocycles. The number of fused-ring (bicyclic) bond motifs is 3. The van der Waals surface area contributed by atoms with E-state index in [9.17, 15) is 9.59 Å². The van der Waals surface area contributed by atoms with Crippen molar-refractivity contribution in [3.8, 4) is 0 Å². The van der Waals surface area contributed by atoms with Crippen molar-refractivity contribution in [3.05, 3.63) is 29.3 Å². The maximum absolute atomic E-state index is 13.2. The van der Waals surface area contributed by atoms with Crippen molar-refractivity contribution in [2.45, 2.75) is 88.8 Å². The quantitative estimate of drug-likeness (QED) is 0.705. The van der Waals surface area contributed by atoms with Crippen molar-refractivity contribution >= 4 is 17.5 Å². The number of anilines is 1. The second kappa shape index (κ2) is 9.62. The van der Waals surface area contributed by atoms with Gasteiger partial charge in [0.15, 0.2) is 0 Å². The minimum absolute atomic E-state index is 0.124. The number of likely N-dealkylation sites (tertiary alicyclic amines) is 1. The number of piperazine rings is 1. The Morgan fingerprint density at radius 1 is 0.941 bits per heavy atom. The van der Waals surface area contributed by atoms with Gasteiger partial charge in [0, 0.05) is 62.5 Å². The van der Waals surface area contributed by atoms with Crippen LogP contribution < -0.4 is 5.32 Å². The summed E-state index contributed by atoms with van der Waals surface area (Å²) in [6.45, 7) is 3.55. The molecule has 2 amide bonds. The second-order valence-electron chi connectivity index (χ2n) is 11.3.